The lowest BCUT2D eigenvalue weighted by Gasteiger charge is -2.36. The van der Waals surface area contributed by atoms with Gasteiger partial charge in [0.25, 0.3) is 0 Å². The number of aliphatic carboxylic acids is 1. The Morgan fingerprint density at radius 3 is 1.73 bits per heavy atom. The minimum absolute atomic E-state index is 0.0844. The van der Waals surface area contributed by atoms with Crippen molar-refractivity contribution in [2.75, 3.05) is 67.1 Å². The molecule has 6 heterocycles. The van der Waals surface area contributed by atoms with Gasteiger partial charge in [0.15, 0.2) is 0 Å². The predicted octanol–water partition coefficient (Wildman–Crippen LogP) is -6.57. The fourth-order valence-corrected chi connectivity index (χ4v) is 16.6. The number of aromatic hydroxyl groups is 1. The van der Waals surface area contributed by atoms with E-state index < -0.39 is 294 Å². The molecule has 3 aliphatic heterocycles. The Balaban J connectivity index is 1.11. The van der Waals surface area contributed by atoms with Crippen molar-refractivity contribution in [3.05, 3.63) is 120 Å². The molecule has 136 heavy (non-hydrogen) atoms. The summed E-state index contributed by atoms with van der Waals surface area (Å²) in [4.78, 5) is 288. The number of amides is 18. The molecule has 736 valence electrons. The van der Waals surface area contributed by atoms with Crippen molar-refractivity contribution in [3.63, 3.8) is 0 Å². The summed E-state index contributed by atoms with van der Waals surface area (Å²) in [6.07, 6.45) is 1.06. The largest absolute Gasteiger partial charge is 0.508 e. The highest BCUT2D eigenvalue weighted by atomic mass is 16.4. The van der Waals surface area contributed by atoms with Crippen LogP contribution in [-0.4, -0.2) is 340 Å². The van der Waals surface area contributed by atoms with E-state index in [1.807, 2.05) is 0 Å². The number of para-hydroxylation sites is 2. The van der Waals surface area contributed by atoms with E-state index in [2.05, 4.69) is 73.4 Å². The second-order valence-electron chi connectivity index (χ2n) is 34.0. The van der Waals surface area contributed by atoms with E-state index in [9.17, 15) is 83.1 Å². The van der Waals surface area contributed by atoms with E-state index in [1.165, 1.54) is 81.8 Å². The van der Waals surface area contributed by atoms with Gasteiger partial charge in [0.2, 0.25) is 106 Å². The summed E-state index contributed by atoms with van der Waals surface area (Å²) < 4.78 is 1.38. The molecule has 3 fully saturated rings. The maximum absolute atomic E-state index is 15.8. The smallest absolute Gasteiger partial charge is 0.323 e. The van der Waals surface area contributed by atoms with Crippen molar-refractivity contribution in [2.45, 2.75) is 221 Å². The monoisotopic (exact) mass is 1900 g/mol. The molecule has 6 aromatic rings. The molecule has 0 aliphatic carbocycles. The van der Waals surface area contributed by atoms with Crippen molar-refractivity contribution < 1.29 is 117 Å². The van der Waals surface area contributed by atoms with Gasteiger partial charge in [0.1, 0.15) is 96.9 Å². The van der Waals surface area contributed by atoms with Gasteiger partial charge in [-0.3, -0.25) is 91.1 Å². The van der Waals surface area contributed by atoms with Crippen molar-refractivity contribution in [1.29, 1.82) is 0 Å². The summed E-state index contributed by atoms with van der Waals surface area (Å²) in [6, 6.07) is -5.19. The van der Waals surface area contributed by atoms with Crippen LogP contribution >= 0.6 is 0 Å². The van der Waals surface area contributed by atoms with Gasteiger partial charge in [0, 0.05) is 125 Å². The molecule has 0 saturated carbocycles. The predicted molar refractivity (Wildman–Crippen MR) is 484 cm³/mol. The number of imidazole rings is 1. The first-order chi connectivity index (χ1) is 64.7. The van der Waals surface area contributed by atoms with Crippen molar-refractivity contribution in [2.24, 2.45) is 17.2 Å². The van der Waals surface area contributed by atoms with Gasteiger partial charge in [-0.2, -0.15) is 0 Å². The van der Waals surface area contributed by atoms with E-state index in [1.54, 1.807) is 62.4 Å². The number of likely N-dealkylation sites (N-methyl/N-ethyl adjacent to an activating group) is 3. The van der Waals surface area contributed by atoms with Crippen LogP contribution in [0.15, 0.2) is 97.7 Å². The molecule has 3 aromatic heterocycles. The van der Waals surface area contributed by atoms with E-state index in [0.717, 1.165) is 24.5 Å². The van der Waals surface area contributed by atoms with Crippen LogP contribution < -0.4 is 75.7 Å². The molecule has 3 aliphatic rings. The van der Waals surface area contributed by atoms with Gasteiger partial charge in [-0.1, -0.05) is 88.1 Å². The normalized spacial score (nSPS) is 24.6. The van der Waals surface area contributed by atoms with Crippen LogP contribution in [-0.2, 0) is 123 Å². The molecule has 3 aromatic carbocycles. The summed E-state index contributed by atoms with van der Waals surface area (Å²) in [5.41, 5.74) is 18.9. The number of carboxylic acids is 1. The number of carbonyl (C=O) groups excluding carboxylic acids is 18. The quantitative estimate of drug-likeness (QED) is 0.0240. The number of nitrogens with one attached hydrogen (secondary N) is 13. The number of carbonyl (C=O) groups is 19. The number of rotatable bonds is 26. The molecule has 47 nitrogen and oxygen atoms in total. The standard InChI is InChI=1S/C89H121N23O24/c1-7-9-19-67-82(129)106-65(45-114)81(128)104-63(77(124)96-39-73(92)119)38-93-40-74(120)98-60(30-48-23-25-52(115)26-24-48)85(132)107(4)47(3)76(123)102-62(35-72(91)118)88(135)111-29-15-22-68(111)83(130)101-59(33-51-37-94-46-97-51)79(126)99-57(27-28-71(90)117)87(134)112-42-53(116)34-70(112)84(131)100-58(31-49-36-95-56-18-13-11-16-54(49)56)78(125)105-64(44-113)80(127)103-61(86(133)109(6)69(20-10-8-2)89(136)108(67)5)32-50-41-110(43-75(121)122)66-21-14-12-17-55(50)66/h11-14,16-18,21,23-26,36-37,41,46-47,53,57-65,67-70,93,95,113-116H,7-10,15,19-20,22,27-35,38-40,42-45H2,1-6H3,(H2,90,117)(H2,91,118)(H2,92,119)(H,94,97)(H,96,124)(H,98,120)(H,99,126)(H,100,131)(H,101,130)(H,102,123)(H,103,127)(H,104,128)(H,105,125)(H,106,129)(H,121,122)/t47-,53+,57-,58-,59-,60-,61-,62-,63-,64-,65-,67-,68-,69-,70-/m0/s1. The summed E-state index contributed by atoms with van der Waals surface area (Å²) >= 11 is 0. The summed E-state index contributed by atoms with van der Waals surface area (Å²) in [5.74, 6) is -20.5. The fraction of sp³-hybridized carbons (Fsp3) is 0.506. The summed E-state index contributed by atoms with van der Waals surface area (Å²) in [7, 11) is 3.67. The minimum Gasteiger partial charge on any atom is -0.508 e. The molecule has 0 radical (unpaired) electrons. The number of phenols is 1. The Hall–Kier alpha value is -14.5. The topological polar surface area (TPSA) is 701 Å². The lowest BCUT2D eigenvalue weighted by atomic mass is 10.00. The fourth-order valence-electron chi connectivity index (χ4n) is 16.6. The summed E-state index contributed by atoms with van der Waals surface area (Å²) in [5, 5.41) is 82.5. The van der Waals surface area contributed by atoms with Gasteiger partial charge in [-0.05, 0) is 80.0 Å². The molecule has 15 atom stereocenters. The number of aliphatic hydroxyl groups is 3. The molecule has 0 unspecified atom stereocenters. The molecule has 3 saturated heterocycles. The number of benzene rings is 3. The molecular formula is C89H121N23O24. The number of aromatic amines is 2. The van der Waals surface area contributed by atoms with Gasteiger partial charge in [0.05, 0.1) is 45.2 Å². The zero-order valence-electron chi connectivity index (χ0n) is 76.2. The zero-order chi connectivity index (χ0) is 99.5. The van der Waals surface area contributed by atoms with Gasteiger partial charge in [-0.15, -0.1) is 0 Å². The number of nitrogens with two attached hydrogens (primary N) is 3. The van der Waals surface area contributed by atoms with Crippen LogP contribution in [0.4, 0.5) is 0 Å². The van der Waals surface area contributed by atoms with Crippen molar-refractivity contribution in [1.82, 2.24) is 103 Å². The number of H-pyrrole nitrogens is 2. The average molecular weight is 1900 g/mol. The van der Waals surface area contributed by atoms with E-state index in [4.69, 9.17) is 17.2 Å². The Bertz CT molecular complexity index is 5340. The number of aromatic nitrogens is 4. The third-order valence-corrected chi connectivity index (χ3v) is 24.1. The van der Waals surface area contributed by atoms with Gasteiger partial charge in [-0.25, -0.2) is 4.98 Å². The third kappa shape index (κ3) is 28.3. The highest BCUT2D eigenvalue weighted by Gasteiger charge is 2.47. The number of unbranched alkanes of at least 4 members (excludes halogenated alkanes) is 2. The van der Waals surface area contributed by atoms with E-state index in [0.29, 0.717) is 45.8 Å². The highest BCUT2D eigenvalue weighted by molar-refractivity contribution is 6.03. The number of aliphatic hydroxyl groups excluding tert-OH is 3. The highest BCUT2D eigenvalue weighted by Crippen LogP contribution is 2.29. The Morgan fingerprint density at radius 2 is 1.10 bits per heavy atom. The lowest BCUT2D eigenvalue weighted by Crippen LogP contribution is -2.62. The van der Waals surface area contributed by atoms with Gasteiger partial charge < -0.3 is 140 Å². The van der Waals surface area contributed by atoms with Crippen LogP contribution in [0.5, 0.6) is 5.75 Å². The first kappa shape index (κ1) is 105. The van der Waals surface area contributed by atoms with E-state index in [-0.39, 0.29) is 68.5 Å². The average Bonchev–Trinajstić information content (AvgIpc) is 1.65. The minimum atomic E-state index is -2.01. The first-order valence-corrected chi connectivity index (χ1v) is 44.7. The SMILES string of the molecule is CCCC[C@H]1C(=O)N(C)[C@@H](CCCC)C(=O)N[C@@H](CO)C(=O)N[C@H](C(=O)NCC(N)=O)CNCC(=O)N[C@@H](Cc2ccc(O)cc2)C(=O)N(C)[C@@H](C)C(=O)N[C@@H](CC(N)=O)C(=O)N2CCC[C@H]2C(=O)N[C@@H](Cc2cnc[nH]2)C(=O)N[C@@H](CCC(N)=O)C(=O)N2C[C@H](O)C[C@H]2C(=O)N[C@@H](Cc2c[nH]c3ccccc23)C(=O)N[C@@H](CO)C(=O)N[C@@H](Cc2cn(CC(=O)O)c3ccccc23)C(=O)N1C. The number of nitrogens with zero attached hydrogens (tertiary/aromatic N) is 7. The molecule has 0 spiro atoms. The van der Waals surface area contributed by atoms with Crippen LogP contribution in [0.2, 0.25) is 0 Å². The third-order valence-electron chi connectivity index (χ3n) is 24.1. The number of primary amides is 3. The maximum Gasteiger partial charge on any atom is 0.323 e. The van der Waals surface area contributed by atoms with Crippen LogP contribution in [0.3, 0.4) is 0 Å². The van der Waals surface area contributed by atoms with Gasteiger partial charge >= 0.3 is 5.97 Å². The number of phenolic OH excluding ortho intramolecular Hbond substituents is 1. The van der Waals surface area contributed by atoms with Crippen LogP contribution in [0.25, 0.3) is 21.8 Å². The number of fused-ring (bicyclic) bond motifs is 4. The second-order valence-corrected chi connectivity index (χ2v) is 34.0. The molecule has 0 bridgehead atoms. The molecular weight excluding hydrogens is 1780 g/mol. The van der Waals surface area contributed by atoms with Crippen molar-refractivity contribution in [3.8, 4) is 5.75 Å². The Kier molecular flexibility index (Phi) is 38.3. The van der Waals surface area contributed by atoms with Crippen LogP contribution in [0.1, 0.15) is 120 Å². The van der Waals surface area contributed by atoms with Crippen LogP contribution in [0, 0.1) is 0 Å². The molecule has 24 N–H and O–H groups in total. The Labute approximate surface area is 780 Å². The lowest BCUT2D eigenvalue weighted by molar-refractivity contribution is -0.149. The first-order valence-electron chi connectivity index (χ1n) is 44.7. The van der Waals surface area contributed by atoms with Crippen molar-refractivity contribution >= 4 is 134 Å². The number of carboxylic acid groups (broad SMARTS) is 1. The second kappa shape index (κ2) is 49.5. The summed E-state index contributed by atoms with van der Waals surface area (Å²) in [6.45, 7) is -1.16. The van der Waals surface area contributed by atoms with E-state index >= 15 is 33.6 Å². The molecule has 18 amide bonds. The Morgan fingerprint density at radius 1 is 0.537 bits per heavy atom. The maximum atomic E-state index is 15.8. The number of hydrogen-bond acceptors (Lipinski definition) is 25. The molecule has 47 heteroatoms. The number of hydrogen-bond donors (Lipinski definition) is 21. The molecule has 9 rings (SSSR count). The zero-order valence-corrected chi connectivity index (χ0v) is 76.2.